The van der Waals surface area contributed by atoms with E-state index in [2.05, 4.69) is 40.1 Å². The normalized spacial score (nSPS) is 14.9. The number of halogens is 1. The largest absolute Gasteiger partial charge is 0.296 e. The van der Waals surface area contributed by atoms with Gasteiger partial charge in [-0.25, -0.2) is 5.84 Å². The number of carbonyl (C=O) groups is 1. The Morgan fingerprint density at radius 1 is 1.50 bits per heavy atom. The van der Waals surface area contributed by atoms with Crippen molar-refractivity contribution in [1.82, 2.24) is 10.3 Å². The summed E-state index contributed by atoms with van der Waals surface area (Å²) in [5.74, 6) is 5.55. The quantitative estimate of drug-likeness (QED) is 0.476. The lowest BCUT2D eigenvalue weighted by Gasteiger charge is -2.24. The van der Waals surface area contributed by atoms with E-state index >= 15 is 0 Å². The average Bonchev–Trinajstić information content (AvgIpc) is 3.23. The van der Waals surface area contributed by atoms with Crippen LogP contribution in [0.4, 0.5) is 0 Å². The minimum atomic E-state index is -0.265. The number of rotatable bonds is 6. The fourth-order valence-corrected chi connectivity index (χ4v) is 2.87. The highest BCUT2D eigenvalue weighted by molar-refractivity contribution is 9.10. The molecule has 1 amide bonds. The zero-order valence-corrected chi connectivity index (χ0v) is 13.6. The summed E-state index contributed by atoms with van der Waals surface area (Å²) in [4.78, 5) is 14.0. The lowest BCUT2D eigenvalue weighted by molar-refractivity contribution is 0.0953. The molecule has 0 unspecified atom stereocenters. The standard InChI is InChI=1S/C15H22BrN3O/c1-10(2)8-19(13-5-6-13)9-12-4-3-11(7-14(12)16)15(20)18-17/h3-4,7,10,13H,5-6,8-9,17H2,1-2H3,(H,18,20). The summed E-state index contributed by atoms with van der Waals surface area (Å²) in [7, 11) is 0. The van der Waals surface area contributed by atoms with E-state index in [4.69, 9.17) is 5.84 Å². The molecule has 5 heteroatoms. The van der Waals surface area contributed by atoms with Crippen LogP contribution in [0.5, 0.6) is 0 Å². The molecule has 110 valence electrons. The molecule has 2 rings (SSSR count). The van der Waals surface area contributed by atoms with Crippen molar-refractivity contribution in [3.8, 4) is 0 Å². The predicted octanol–water partition coefficient (Wildman–Crippen LogP) is 2.67. The van der Waals surface area contributed by atoms with Crippen molar-refractivity contribution in [2.75, 3.05) is 6.54 Å². The molecule has 1 aliphatic rings. The molecule has 3 N–H and O–H groups in total. The van der Waals surface area contributed by atoms with Gasteiger partial charge in [-0.05, 0) is 36.5 Å². The van der Waals surface area contributed by atoms with Crippen LogP contribution >= 0.6 is 15.9 Å². The molecule has 4 nitrogen and oxygen atoms in total. The van der Waals surface area contributed by atoms with Crippen molar-refractivity contribution in [3.63, 3.8) is 0 Å². The van der Waals surface area contributed by atoms with Crippen molar-refractivity contribution in [3.05, 3.63) is 33.8 Å². The Labute approximate surface area is 128 Å². The number of nitrogens with two attached hydrogens (primary N) is 1. The Morgan fingerprint density at radius 2 is 2.20 bits per heavy atom. The summed E-state index contributed by atoms with van der Waals surface area (Å²) in [6.45, 7) is 6.54. The molecule has 1 saturated carbocycles. The topological polar surface area (TPSA) is 58.4 Å². The van der Waals surface area contributed by atoms with Crippen LogP contribution in [0.15, 0.2) is 22.7 Å². The van der Waals surface area contributed by atoms with Gasteiger partial charge in [-0.3, -0.25) is 15.1 Å². The third kappa shape index (κ3) is 4.04. The van der Waals surface area contributed by atoms with Gasteiger partial charge in [0.15, 0.2) is 0 Å². The molecule has 1 fully saturated rings. The zero-order chi connectivity index (χ0) is 14.7. The van der Waals surface area contributed by atoms with Gasteiger partial charge in [-0.15, -0.1) is 0 Å². The molecule has 0 aliphatic heterocycles. The smallest absolute Gasteiger partial charge is 0.265 e. The van der Waals surface area contributed by atoms with E-state index in [9.17, 15) is 4.79 Å². The van der Waals surface area contributed by atoms with Crippen LogP contribution in [0.3, 0.4) is 0 Å². The SMILES string of the molecule is CC(C)CN(Cc1ccc(C(=O)NN)cc1Br)C1CC1. The first-order valence-corrected chi connectivity index (χ1v) is 7.84. The van der Waals surface area contributed by atoms with Crippen molar-refractivity contribution in [1.29, 1.82) is 0 Å². The number of nitrogens with zero attached hydrogens (tertiary/aromatic N) is 1. The van der Waals surface area contributed by atoms with Crippen molar-refractivity contribution in [2.24, 2.45) is 11.8 Å². The summed E-state index contributed by atoms with van der Waals surface area (Å²) in [5, 5.41) is 0. The average molecular weight is 340 g/mol. The first-order chi connectivity index (χ1) is 9.51. The van der Waals surface area contributed by atoms with Gasteiger partial charge in [0.2, 0.25) is 0 Å². The minimum Gasteiger partial charge on any atom is -0.296 e. The van der Waals surface area contributed by atoms with Crippen LogP contribution in [-0.4, -0.2) is 23.4 Å². The van der Waals surface area contributed by atoms with Gasteiger partial charge in [0.25, 0.3) is 5.91 Å². The van der Waals surface area contributed by atoms with E-state index in [0.717, 1.165) is 23.6 Å². The summed E-state index contributed by atoms with van der Waals surface area (Å²) in [6.07, 6.45) is 2.61. The number of benzene rings is 1. The highest BCUT2D eigenvalue weighted by atomic mass is 79.9. The number of hydrogen-bond donors (Lipinski definition) is 2. The molecule has 1 aliphatic carbocycles. The molecule has 0 bridgehead atoms. The molecule has 0 radical (unpaired) electrons. The number of carbonyl (C=O) groups excluding carboxylic acids is 1. The van der Waals surface area contributed by atoms with E-state index in [1.54, 1.807) is 0 Å². The Kier molecular flexibility index (Phi) is 5.18. The highest BCUT2D eigenvalue weighted by Crippen LogP contribution is 2.30. The summed E-state index contributed by atoms with van der Waals surface area (Å²) in [6, 6.07) is 6.39. The van der Waals surface area contributed by atoms with Crippen LogP contribution in [0.1, 0.15) is 42.6 Å². The van der Waals surface area contributed by atoms with Gasteiger partial charge in [0.05, 0.1) is 0 Å². The van der Waals surface area contributed by atoms with Crippen molar-refractivity contribution in [2.45, 2.75) is 39.3 Å². The second-order valence-corrected chi connectivity index (χ2v) is 6.69. The molecular weight excluding hydrogens is 318 g/mol. The van der Waals surface area contributed by atoms with Crippen LogP contribution in [0.2, 0.25) is 0 Å². The van der Waals surface area contributed by atoms with Crippen LogP contribution < -0.4 is 11.3 Å². The van der Waals surface area contributed by atoms with Crippen LogP contribution in [-0.2, 0) is 6.54 Å². The number of nitrogen functional groups attached to an aromatic ring is 1. The maximum atomic E-state index is 11.5. The van der Waals surface area contributed by atoms with E-state index in [1.807, 2.05) is 18.2 Å². The summed E-state index contributed by atoms with van der Waals surface area (Å²) in [5.41, 5.74) is 3.94. The second-order valence-electron chi connectivity index (χ2n) is 5.83. The lowest BCUT2D eigenvalue weighted by Crippen LogP contribution is -2.30. The monoisotopic (exact) mass is 339 g/mol. The van der Waals surface area contributed by atoms with Crippen LogP contribution in [0.25, 0.3) is 0 Å². The Bertz CT molecular complexity index is 486. The molecule has 0 aromatic heterocycles. The lowest BCUT2D eigenvalue weighted by atomic mass is 10.1. The van der Waals surface area contributed by atoms with Gasteiger partial charge in [0.1, 0.15) is 0 Å². The highest BCUT2D eigenvalue weighted by Gasteiger charge is 2.29. The maximum Gasteiger partial charge on any atom is 0.265 e. The van der Waals surface area contributed by atoms with Gasteiger partial charge in [-0.1, -0.05) is 35.8 Å². The number of amides is 1. The summed E-state index contributed by atoms with van der Waals surface area (Å²) < 4.78 is 0.966. The fourth-order valence-electron chi connectivity index (χ4n) is 2.37. The number of nitrogens with one attached hydrogen (secondary N) is 1. The number of hydrogen-bond acceptors (Lipinski definition) is 3. The van der Waals surface area contributed by atoms with E-state index in [-0.39, 0.29) is 5.91 Å². The third-order valence-corrected chi connectivity index (χ3v) is 4.22. The van der Waals surface area contributed by atoms with Gasteiger partial charge >= 0.3 is 0 Å². The Morgan fingerprint density at radius 3 is 2.70 bits per heavy atom. The number of hydrazine groups is 1. The first kappa shape index (κ1) is 15.5. The summed E-state index contributed by atoms with van der Waals surface area (Å²) >= 11 is 3.56. The molecular formula is C15H22BrN3O. The van der Waals surface area contributed by atoms with Gasteiger partial charge < -0.3 is 0 Å². The molecule has 1 aromatic carbocycles. The molecule has 1 aromatic rings. The molecule has 20 heavy (non-hydrogen) atoms. The van der Waals surface area contributed by atoms with E-state index in [1.165, 1.54) is 18.4 Å². The molecule has 0 heterocycles. The van der Waals surface area contributed by atoms with Crippen molar-refractivity contribution < 1.29 is 4.79 Å². The second kappa shape index (κ2) is 6.70. The molecule has 0 saturated heterocycles. The van der Waals surface area contributed by atoms with E-state index < -0.39 is 0 Å². The Balaban J connectivity index is 2.09. The third-order valence-electron chi connectivity index (χ3n) is 3.48. The molecule has 0 atom stereocenters. The fraction of sp³-hybridized carbons (Fsp3) is 0.533. The van der Waals surface area contributed by atoms with Crippen molar-refractivity contribution >= 4 is 21.8 Å². The van der Waals surface area contributed by atoms with Gasteiger partial charge in [0, 0.05) is 29.2 Å². The maximum absolute atomic E-state index is 11.5. The zero-order valence-electron chi connectivity index (χ0n) is 12.0. The molecule has 0 spiro atoms. The Hall–Kier alpha value is -0.910. The van der Waals surface area contributed by atoms with E-state index in [0.29, 0.717) is 11.5 Å². The van der Waals surface area contributed by atoms with Crippen LogP contribution in [0, 0.1) is 5.92 Å². The predicted molar refractivity (Wildman–Crippen MR) is 84.1 cm³/mol. The van der Waals surface area contributed by atoms with Gasteiger partial charge in [-0.2, -0.15) is 0 Å². The first-order valence-electron chi connectivity index (χ1n) is 7.04. The minimum absolute atomic E-state index is 0.265.